The first-order chi connectivity index (χ1) is 24.7. The van der Waals surface area contributed by atoms with Crippen LogP contribution in [0.5, 0.6) is 5.75 Å². The average molecular weight is 708 g/mol. The first-order valence-electron chi connectivity index (χ1n) is 18.5. The van der Waals surface area contributed by atoms with Crippen molar-refractivity contribution in [2.75, 3.05) is 27.2 Å². The van der Waals surface area contributed by atoms with Crippen molar-refractivity contribution in [3.63, 3.8) is 0 Å². The van der Waals surface area contributed by atoms with E-state index < -0.39 is 21.7 Å². The van der Waals surface area contributed by atoms with Crippen LogP contribution >= 0.6 is 0 Å². The minimum absolute atomic E-state index is 0.187. The minimum Gasteiger partial charge on any atom is -0.496 e. The third kappa shape index (κ3) is 5.55. The molecule has 4 atom stereocenters. The lowest BCUT2D eigenvalue weighted by Gasteiger charge is -2.43. The molecule has 266 valence electrons. The summed E-state index contributed by atoms with van der Waals surface area (Å²) in [6.45, 7) is 2.20. The smallest absolute Gasteiger partial charge is 0.265 e. The first kappa shape index (κ1) is 32.7. The van der Waals surface area contributed by atoms with Gasteiger partial charge in [-0.2, -0.15) is 0 Å². The molecular formula is C40H45N5O5S. The van der Waals surface area contributed by atoms with Gasteiger partial charge in [-0.25, -0.2) is 13.1 Å². The SMILES string of the molecule is COc1ccc(C2CCCCC2)c2c1cc1n2CC2=C(C(=O)NS(=O)(=O)Cc3ccccn3)C2=C2C=CC[C@@H](C(=O)N3C4CCC3CN(C)C4)C21. The van der Waals surface area contributed by atoms with E-state index in [9.17, 15) is 18.0 Å². The lowest BCUT2D eigenvalue weighted by molar-refractivity contribution is -0.141. The Kier molecular flexibility index (Phi) is 7.99. The molecule has 3 unspecified atom stereocenters. The van der Waals surface area contributed by atoms with E-state index in [-0.39, 0.29) is 29.8 Å². The number of fused-ring (bicyclic) bond motifs is 8. The number of hydrogen-bond acceptors (Lipinski definition) is 7. The summed E-state index contributed by atoms with van der Waals surface area (Å²) in [5.74, 6) is -0.242. The van der Waals surface area contributed by atoms with Crippen molar-refractivity contribution in [1.29, 1.82) is 0 Å². The topological polar surface area (TPSA) is 114 Å². The number of sulfonamides is 1. The van der Waals surface area contributed by atoms with E-state index in [0.717, 1.165) is 77.8 Å². The van der Waals surface area contributed by atoms with Crippen molar-refractivity contribution < 1.29 is 22.7 Å². The number of allylic oxidation sites excluding steroid dienone is 4. The third-order valence-electron chi connectivity index (χ3n) is 12.3. The molecule has 6 aliphatic rings. The maximum absolute atomic E-state index is 14.9. The Labute approximate surface area is 299 Å². The van der Waals surface area contributed by atoms with Gasteiger partial charge in [-0.05, 0) is 91.6 Å². The highest BCUT2D eigenvalue weighted by atomic mass is 32.2. The average Bonchev–Trinajstić information content (AvgIpc) is 3.66. The number of piperazine rings is 1. The molecule has 1 saturated carbocycles. The van der Waals surface area contributed by atoms with E-state index in [1.165, 1.54) is 24.8 Å². The molecule has 9 rings (SSSR count). The number of nitrogens with zero attached hydrogens (tertiary/aromatic N) is 4. The number of likely N-dealkylation sites (N-methyl/N-ethyl adjacent to an activating group) is 1. The molecule has 3 aliphatic carbocycles. The molecule has 11 heteroatoms. The van der Waals surface area contributed by atoms with Crippen molar-refractivity contribution in [2.24, 2.45) is 5.92 Å². The van der Waals surface area contributed by atoms with E-state index in [4.69, 9.17) is 4.74 Å². The van der Waals surface area contributed by atoms with Gasteiger partial charge >= 0.3 is 0 Å². The molecule has 2 amide bonds. The van der Waals surface area contributed by atoms with Crippen LogP contribution < -0.4 is 9.46 Å². The molecule has 3 aliphatic heterocycles. The van der Waals surface area contributed by atoms with Crippen LogP contribution in [0.4, 0.5) is 0 Å². The van der Waals surface area contributed by atoms with Gasteiger partial charge < -0.3 is 19.1 Å². The number of carbonyl (C=O) groups excluding carboxylic acids is 2. The van der Waals surface area contributed by atoms with Crippen LogP contribution in [0.2, 0.25) is 0 Å². The second-order valence-corrected chi connectivity index (χ2v) is 17.1. The standard InChI is InChI=1S/C40H45N5O5S/c1-43-20-26-14-15-27(21-43)45(26)40(47)30-13-8-12-29-35(30)33-19-31-34(50-2)17-16-28(24-9-4-3-5-10-24)38(31)44(33)22-32-36(29)37(32)39(46)42-51(48,49)23-25-11-6-7-18-41-25/h6-8,11-12,16-19,24,26-27,30,35H,3-5,9-10,13-15,20-23H2,1-2H3,(H,42,46)/t26?,27?,30-,35?/m1/s1. The highest BCUT2D eigenvalue weighted by molar-refractivity contribution is 7.89. The molecule has 51 heavy (non-hydrogen) atoms. The van der Waals surface area contributed by atoms with Gasteiger partial charge in [0.25, 0.3) is 5.91 Å². The Hall–Kier alpha value is -4.22. The van der Waals surface area contributed by atoms with Crippen LogP contribution in [0.25, 0.3) is 10.9 Å². The number of pyridine rings is 1. The normalized spacial score (nSPS) is 26.1. The molecule has 3 fully saturated rings. The second kappa shape index (κ2) is 12.5. The summed E-state index contributed by atoms with van der Waals surface area (Å²) in [5.41, 5.74) is 6.84. The largest absolute Gasteiger partial charge is 0.496 e. The van der Waals surface area contributed by atoms with Gasteiger partial charge in [0, 0.05) is 54.9 Å². The fraction of sp³-hybridized carbons (Fsp3) is 0.475. The Morgan fingerprint density at radius 3 is 2.53 bits per heavy atom. The van der Waals surface area contributed by atoms with E-state index in [2.05, 4.69) is 61.5 Å². The van der Waals surface area contributed by atoms with Crippen LogP contribution in [-0.4, -0.2) is 78.9 Å². The maximum atomic E-state index is 14.9. The lowest BCUT2D eigenvalue weighted by atomic mass is 9.75. The molecule has 10 nitrogen and oxygen atoms in total. The van der Waals surface area contributed by atoms with Gasteiger partial charge in [0.15, 0.2) is 0 Å². The predicted molar refractivity (Wildman–Crippen MR) is 195 cm³/mol. The zero-order valence-corrected chi connectivity index (χ0v) is 30.1. The summed E-state index contributed by atoms with van der Waals surface area (Å²) < 4.78 is 37.1. The summed E-state index contributed by atoms with van der Waals surface area (Å²) in [6.07, 6.45) is 14.2. The predicted octanol–water partition coefficient (Wildman–Crippen LogP) is 5.32. The van der Waals surface area contributed by atoms with Crippen molar-refractivity contribution in [3.05, 3.63) is 94.0 Å². The number of hydrogen-bond donors (Lipinski definition) is 1. The summed E-state index contributed by atoms with van der Waals surface area (Å²) in [4.78, 5) is 37.5. The molecule has 2 aromatic heterocycles. The Balaban J connectivity index is 1.17. The van der Waals surface area contributed by atoms with Gasteiger partial charge in [-0.1, -0.05) is 43.5 Å². The summed E-state index contributed by atoms with van der Waals surface area (Å²) in [5, 5.41) is 1.03. The number of aromatic nitrogens is 2. The molecular weight excluding hydrogens is 663 g/mol. The molecule has 5 heterocycles. The second-order valence-electron chi connectivity index (χ2n) is 15.4. The third-order valence-corrected chi connectivity index (χ3v) is 13.4. The van der Waals surface area contributed by atoms with E-state index in [1.54, 1.807) is 31.5 Å². The van der Waals surface area contributed by atoms with Crippen molar-refractivity contribution in [3.8, 4) is 5.75 Å². The number of methoxy groups -OCH3 is 1. The minimum atomic E-state index is -4.01. The van der Waals surface area contributed by atoms with Crippen molar-refractivity contribution >= 4 is 32.7 Å². The molecule has 1 N–H and O–H groups in total. The van der Waals surface area contributed by atoms with Gasteiger partial charge in [0.1, 0.15) is 11.5 Å². The molecule has 3 aromatic rings. The van der Waals surface area contributed by atoms with E-state index in [0.29, 0.717) is 30.2 Å². The van der Waals surface area contributed by atoms with Gasteiger partial charge in [-0.15, -0.1) is 0 Å². The molecule has 2 bridgehead atoms. The summed E-state index contributed by atoms with van der Waals surface area (Å²) in [7, 11) is -0.160. The molecule has 2 saturated heterocycles. The quantitative estimate of drug-likeness (QED) is 0.354. The Bertz CT molecular complexity index is 2130. The van der Waals surface area contributed by atoms with Gasteiger partial charge in [0.2, 0.25) is 15.9 Å². The van der Waals surface area contributed by atoms with Crippen LogP contribution in [0, 0.1) is 5.92 Å². The first-order valence-corrected chi connectivity index (χ1v) is 20.2. The Morgan fingerprint density at radius 2 is 1.80 bits per heavy atom. The zero-order valence-electron chi connectivity index (χ0n) is 29.3. The van der Waals surface area contributed by atoms with Gasteiger partial charge in [0.05, 0.1) is 29.8 Å². The molecule has 0 radical (unpaired) electrons. The zero-order chi connectivity index (χ0) is 35.0. The van der Waals surface area contributed by atoms with Crippen molar-refractivity contribution in [2.45, 2.75) is 87.6 Å². The van der Waals surface area contributed by atoms with E-state index in [1.807, 2.05) is 0 Å². The number of rotatable bonds is 7. The summed E-state index contributed by atoms with van der Waals surface area (Å²) >= 11 is 0. The monoisotopic (exact) mass is 707 g/mol. The number of likely N-dealkylation sites (tertiary alicyclic amines) is 1. The maximum Gasteiger partial charge on any atom is 0.265 e. The van der Waals surface area contributed by atoms with Crippen LogP contribution in [0.3, 0.4) is 0 Å². The fourth-order valence-corrected chi connectivity index (χ4v) is 11.1. The molecule has 1 aromatic carbocycles. The Morgan fingerprint density at radius 1 is 1.02 bits per heavy atom. The number of nitrogens with one attached hydrogen (secondary N) is 1. The number of ether oxygens (including phenoxy) is 1. The van der Waals surface area contributed by atoms with Gasteiger partial charge in [-0.3, -0.25) is 14.6 Å². The highest BCUT2D eigenvalue weighted by Crippen LogP contribution is 2.55. The number of carbonyl (C=O) groups is 2. The number of amides is 2. The lowest BCUT2D eigenvalue weighted by Crippen LogP contribution is -2.56. The molecule has 0 spiro atoms. The highest BCUT2D eigenvalue weighted by Gasteiger charge is 2.50. The van der Waals surface area contributed by atoms with Crippen molar-refractivity contribution in [1.82, 2.24) is 24.1 Å². The number of benzene rings is 1. The summed E-state index contributed by atoms with van der Waals surface area (Å²) in [6, 6.07) is 12.0. The van der Waals surface area contributed by atoms with Crippen LogP contribution in [0.1, 0.15) is 80.2 Å². The fourth-order valence-electron chi connectivity index (χ4n) is 10.1. The van der Waals surface area contributed by atoms with Crippen LogP contribution in [-0.2, 0) is 31.9 Å². The van der Waals surface area contributed by atoms with Crippen LogP contribution in [0.15, 0.2) is 77.0 Å². The van der Waals surface area contributed by atoms with E-state index >= 15 is 0 Å².